The van der Waals surface area contributed by atoms with E-state index in [-0.39, 0.29) is 5.56 Å². The largest absolute Gasteiger partial charge is 0.391 e. The molecule has 2 aromatic rings. The van der Waals surface area contributed by atoms with Crippen LogP contribution >= 0.6 is 11.8 Å². The van der Waals surface area contributed by atoms with Crippen LogP contribution in [0.15, 0.2) is 53.7 Å². The molecular formula is C17H19N3O4S. The molecule has 1 aromatic carbocycles. The maximum Gasteiger partial charge on any atom is 0.268 e. The number of rotatable bonds is 7. The van der Waals surface area contributed by atoms with Crippen molar-refractivity contribution >= 4 is 23.6 Å². The van der Waals surface area contributed by atoms with Gasteiger partial charge in [0.05, 0.1) is 16.7 Å². The fraction of sp³-hybridized carbons (Fsp3) is 0.235. The minimum atomic E-state index is -1.26. The van der Waals surface area contributed by atoms with Crippen LogP contribution < -0.4 is 10.8 Å². The Morgan fingerprint density at radius 3 is 2.48 bits per heavy atom. The van der Waals surface area contributed by atoms with Gasteiger partial charge in [0.25, 0.3) is 11.8 Å². The van der Waals surface area contributed by atoms with Gasteiger partial charge >= 0.3 is 0 Å². The second-order valence-electron chi connectivity index (χ2n) is 5.33. The molecule has 25 heavy (non-hydrogen) atoms. The number of hydrogen-bond donors (Lipinski definition) is 4. The Hall–Kier alpha value is -2.42. The molecule has 2 atom stereocenters. The number of thioether (sulfide) groups is 1. The SMILES string of the molecule is C[C@@H](O)[C@H](NC(=O)c1ccc(SCc2ccccc2)nc1)C(=O)NO. The Labute approximate surface area is 149 Å². The summed E-state index contributed by atoms with van der Waals surface area (Å²) in [6, 6.07) is 12.0. The van der Waals surface area contributed by atoms with E-state index in [0.717, 1.165) is 10.8 Å². The Balaban J connectivity index is 1.96. The smallest absolute Gasteiger partial charge is 0.268 e. The summed E-state index contributed by atoms with van der Waals surface area (Å²) in [5.74, 6) is -0.701. The van der Waals surface area contributed by atoms with Gasteiger partial charge in [-0.05, 0) is 24.6 Å². The van der Waals surface area contributed by atoms with Crippen LogP contribution in [0.1, 0.15) is 22.8 Å². The van der Waals surface area contributed by atoms with Crippen LogP contribution in [0.2, 0.25) is 0 Å². The molecule has 0 aliphatic carbocycles. The highest BCUT2D eigenvalue weighted by Crippen LogP contribution is 2.20. The molecule has 1 heterocycles. The van der Waals surface area contributed by atoms with Gasteiger partial charge in [0.2, 0.25) is 0 Å². The summed E-state index contributed by atoms with van der Waals surface area (Å²) >= 11 is 1.54. The van der Waals surface area contributed by atoms with E-state index in [9.17, 15) is 14.7 Å². The predicted octanol–water partition coefficient (Wildman–Crippen LogP) is 1.36. The number of aromatic nitrogens is 1. The third kappa shape index (κ3) is 5.56. The van der Waals surface area contributed by atoms with Gasteiger partial charge in [-0.25, -0.2) is 10.5 Å². The first-order valence-electron chi connectivity index (χ1n) is 7.57. The van der Waals surface area contributed by atoms with E-state index >= 15 is 0 Å². The zero-order chi connectivity index (χ0) is 18.2. The zero-order valence-corrected chi connectivity index (χ0v) is 14.4. The lowest BCUT2D eigenvalue weighted by Crippen LogP contribution is -2.51. The van der Waals surface area contributed by atoms with E-state index in [1.807, 2.05) is 30.3 Å². The van der Waals surface area contributed by atoms with E-state index in [1.165, 1.54) is 24.2 Å². The van der Waals surface area contributed by atoms with Gasteiger partial charge < -0.3 is 10.4 Å². The Morgan fingerprint density at radius 2 is 1.92 bits per heavy atom. The molecule has 0 spiro atoms. The summed E-state index contributed by atoms with van der Waals surface area (Å²) in [6.07, 6.45) is 0.239. The summed E-state index contributed by atoms with van der Waals surface area (Å²) in [5, 5.41) is 21.3. The van der Waals surface area contributed by atoms with Crippen molar-refractivity contribution in [1.82, 2.24) is 15.8 Å². The monoisotopic (exact) mass is 361 g/mol. The molecule has 7 nitrogen and oxygen atoms in total. The molecule has 0 unspecified atom stereocenters. The van der Waals surface area contributed by atoms with Crippen LogP contribution in [0.3, 0.4) is 0 Å². The number of carbonyl (C=O) groups excluding carboxylic acids is 2. The molecule has 4 N–H and O–H groups in total. The number of benzene rings is 1. The van der Waals surface area contributed by atoms with Crippen LogP contribution in [0.5, 0.6) is 0 Å². The summed E-state index contributed by atoms with van der Waals surface area (Å²) in [7, 11) is 0. The van der Waals surface area contributed by atoms with Gasteiger partial charge in [0.1, 0.15) is 6.04 Å². The molecule has 8 heteroatoms. The molecule has 0 fully saturated rings. The Morgan fingerprint density at radius 1 is 1.20 bits per heavy atom. The normalized spacial score (nSPS) is 12.9. The number of hydrogen-bond acceptors (Lipinski definition) is 6. The van der Waals surface area contributed by atoms with Crippen molar-refractivity contribution in [3.05, 3.63) is 59.8 Å². The molecule has 2 amide bonds. The lowest BCUT2D eigenvalue weighted by molar-refractivity contribution is -0.133. The molecule has 0 aliphatic heterocycles. The fourth-order valence-electron chi connectivity index (χ4n) is 2.03. The van der Waals surface area contributed by atoms with Crippen molar-refractivity contribution in [2.75, 3.05) is 0 Å². The first kappa shape index (κ1) is 18.9. The molecule has 1 aromatic heterocycles. The molecule has 2 rings (SSSR count). The highest BCUT2D eigenvalue weighted by atomic mass is 32.2. The lowest BCUT2D eigenvalue weighted by atomic mass is 10.1. The third-order valence-electron chi connectivity index (χ3n) is 3.39. The number of aliphatic hydroxyl groups excluding tert-OH is 1. The maximum absolute atomic E-state index is 12.1. The highest BCUT2D eigenvalue weighted by molar-refractivity contribution is 7.98. The maximum atomic E-state index is 12.1. The molecule has 0 radical (unpaired) electrons. The molecule has 0 bridgehead atoms. The number of aliphatic hydroxyl groups is 1. The van der Waals surface area contributed by atoms with Crippen molar-refractivity contribution in [2.45, 2.75) is 29.8 Å². The second-order valence-corrected chi connectivity index (χ2v) is 6.32. The average molecular weight is 361 g/mol. The second kappa shape index (κ2) is 9.16. The number of hydroxylamine groups is 1. The van der Waals surface area contributed by atoms with Gasteiger partial charge in [0, 0.05) is 11.9 Å². The number of amides is 2. The lowest BCUT2D eigenvalue weighted by Gasteiger charge is -2.19. The average Bonchev–Trinajstić information content (AvgIpc) is 2.64. The molecule has 0 aliphatic rings. The third-order valence-corrected chi connectivity index (χ3v) is 4.40. The van der Waals surface area contributed by atoms with E-state index in [1.54, 1.807) is 23.9 Å². The van der Waals surface area contributed by atoms with E-state index in [2.05, 4.69) is 10.3 Å². The van der Waals surface area contributed by atoms with E-state index in [0.29, 0.717) is 0 Å². The van der Waals surface area contributed by atoms with Crippen LogP contribution in [-0.4, -0.2) is 39.3 Å². The Kier molecular flexibility index (Phi) is 6.93. The van der Waals surface area contributed by atoms with Crippen LogP contribution in [0.25, 0.3) is 0 Å². The van der Waals surface area contributed by atoms with Crippen LogP contribution in [0.4, 0.5) is 0 Å². The van der Waals surface area contributed by atoms with Gasteiger partial charge in [-0.1, -0.05) is 30.3 Å². The highest BCUT2D eigenvalue weighted by Gasteiger charge is 2.25. The topological polar surface area (TPSA) is 112 Å². The first-order chi connectivity index (χ1) is 12.0. The molecule has 0 saturated carbocycles. The fourth-order valence-corrected chi connectivity index (χ4v) is 2.83. The van der Waals surface area contributed by atoms with Crippen molar-refractivity contribution in [2.24, 2.45) is 0 Å². The Bertz CT molecular complexity index is 708. The van der Waals surface area contributed by atoms with Gasteiger partial charge in [-0.15, -0.1) is 11.8 Å². The predicted molar refractivity (Wildman–Crippen MR) is 93.1 cm³/mol. The molecule has 132 valence electrons. The summed E-state index contributed by atoms with van der Waals surface area (Å²) in [5.41, 5.74) is 2.83. The van der Waals surface area contributed by atoms with Crippen molar-refractivity contribution < 1.29 is 19.9 Å². The van der Waals surface area contributed by atoms with Gasteiger partial charge in [-0.2, -0.15) is 0 Å². The molecular weight excluding hydrogens is 342 g/mol. The minimum Gasteiger partial charge on any atom is -0.391 e. The summed E-state index contributed by atoms with van der Waals surface area (Å²) in [4.78, 5) is 27.8. The van der Waals surface area contributed by atoms with Crippen LogP contribution in [-0.2, 0) is 10.5 Å². The standard InChI is InChI=1S/C17H19N3O4S/c1-11(21)15(17(23)20-24)19-16(22)13-7-8-14(18-9-13)25-10-12-5-3-2-4-6-12/h2-9,11,15,21,24H,10H2,1H3,(H,19,22)(H,20,23)/t11-,15+/m1/s1. The first-order valence-corrected chi connectivity index (χ1v) is 8.55. The summed E-state index contributed by atoms with van der Waals surface area (Å²) < 4.78 is 0. The van der Waals surface area contributed by atoms with Crippen molar-refractivity contribution in [3.63, 3.8) is 0 Å². The number of nitrogens with zero attached hydrogens (tertiary/aromatic N) is 1. The molecule has 0 saturated heterocycles. The van der Waals surface area contributed by atoms with Gasteiger partial charge in [-0.3, -0.25) is 14.8 Å². The number of carbonyl (C=O) groups is 2. The van der Waals surface area contributed by atoms with Crippen molar-refractivity contribution in [1.29, 1.82) is 0 Å². The zero-order valence-electron chi connectivity index (χ0n) is 13.5. The number of pyridine rings is 1. The quantitative estimate of drug-likeness (QED) is 0.337. The van der Waals surface area contributed by atoms with Crippen molar-refractivity contribution in [3.8, 4) is 0 Å². The van der Waals surface area contributed by atoms with E-state index in [4.69, 9.17) is 5.21 Å². The minimum absolute atomic E-state index is 0.250. The summed E-state index contributed by atoms with van der Waals surface area (Å²) in [6.45, 7) is 1.34. The van der Waals surface area contributed by atoms with E-state index < -0.39 is 24.0 Å². The number of nitrogens with one attached hydrogen (secondary N) is 2. The van der Waals surface area contributed by atoms with Crippen LogP contribution in [0, 0.1) is 0 Å². The van der Waals surface area contributed by atoms with Gasteiger partial charge in [0.15, 0.2) is 0 Å².